The third kappa shape index (κ3) is 6.60. The number of rotatable bonds is 6. The van der Waals surface area contributed by atoms with Crippen LogP contribution < -0.4 is 0 Å². The van der Waals surface area contributed by atoms with E-state index in [-0.39, 0.29) is 0 Å². The molecule has 10 aromatic carbocycles. The Bertz CT molecular complexity index is 3870. The summed E-state index contributed by atoms with van der Waals surface area (Å²) in [7, 11) is 0. The highest BCUT2D eigenvalue weighted by Crippen LogP contribution is 2.41. The van der Waals surface area contributed by atoms with Gasteiger partial charge >= 0.3 is 0 Å². The van der Waals surface area contributed by atoms with E-state index in [1.807, 2.05) is 23.6 Å². The van der Waals surface area contributed by atoms with E-state index in [4.69, 9.17) is 15.0 Å². The average Bonchev–Trinajstić information content (AvgIpc) is 3.75. The van der Waals surface area contributed by atoms with Crippen molar-refractivity contribution < 1.29 is 0 Å². The summed E-state index contributed by atoms with van der Waals surface area (Å²) in [5.74, 6) is 1.84. The van der Waals surface area contributed by atoms with Crippen molar-refractivity contribution in [3.63, 3.8) is 0 Å². The first kappa shape index (κ1) is 37.2. The first-order valence-corrected chi connectivity index (χ1v) is 22.6. The zero-order valence-electron chi connectivity index (χ0n) is 35.0. The Kier molecular flexibility index (Phi) is 8.68. The minimum absolute atomic E-state index is 0.607. The molecule has 0 N–H and O–H groups in total. The second-order valence-corrected chi connectivity index (χ2v) is 17.8. The number of hydrogen-bond donors (Lipinski definition) is 0. The molecule has 65 heavy (non-hydrogen) atoms. The second-order valence-electron chi connectivity index (χ2n) is 16.7. The molecule has 0 unspecified atom stereocenters. The van der Waals surface area contributed by atoms with E-state index in [9.17, 15) is 0 Å². The van der Waals surface area contributed by atoms with Crippen LogP contribution in [-0.2, 0) is 0 Å². The molecule has 0 aliphatic carbocycles. The van der Waals surface area contributed by atoms with Gasteiger partial charge in [0.25, 0.3) is 0 Å². The van der Waals surface area contributed by atoms with Crippen LogP contribution in [0.4, 0.5) is 0 Å². The Morgan fingerprint density at radius 3 is 1.42 bits per heavy atom. The highest BCUT2D eigenvalue weighted by atomic mass is 32.1. The van der Waals surface area contributed by atoms with E-state index in [0.29, 0.717) is 17.5 Å². The largest absolute Gasteiger partial charge is 0.264 e. The summed E-state index contributed by atoms with van der Waals surface area (Å²) in [6.07, 6.45) is 3.69. The van der Waals surface area contributed by atoms with Crippen molar-refractivity contribution in [2.45, 2.75) is 0 Å². The molecular weight excluding hydrogens is 809 g/mol. The molecule has 4 nitrogen and oxygen atoms in total. The van der Waals surface area contributed by atoms with Gasteiger partial charge in [0, 0.05) is 49.3 Å². The maximum absolute atomic E-state index is 5.38. The van der Waals surface area contributed by atoms with Crippen molar-refractivity contribution in [3.8, 4) is 67.5 Å². The summed E-state index contributed by atoms with van der Waals surface area (Å²) in [4.78, 5) is 20.3. The maximum atomic E-state index is 5.38. The van der Waals surface area contributed by atoms with E-state index >= 15 is 0 Å². The molecule has 0 radical (unpaired) electrons. The van der Waals surface area contributed by atoms with E-state index in [2.05, 4.69) is 205 Å². The van der Waals surface area contributed by atoms with E-state index < -0.39 is 0 Å². The van der Waals surface area contributed by atoms with Crippen LogP contribution in [0.1, 0.15) is 0 Å². The number of thiophene rings is 1. The number of aromatic nitrogens is 4. The molecule has 0 aliphatic rings. The number of nitrogens with zero attached hydrogens (tertiary/aromatic N) is 4. The molecular formula is C60H36N4S. The molecule has 13 aromatic rings. The molecule has 0 saturated carbocycles. The van der Waals surface area contributed by atoms with Crippen molar-refractivity contribution in [3.05, 3.63) is 219 Å². The molecule has 0 fully saturated rings. The predicted molar refractivity (Wildman–Crippen MR) is 273 cm³/mol. The molecule has 5 heteroatoms. The minimum Gasteiger partial charge on any atom is -0.264 e. The molecule has 0 atom stereocenters. The second kappa shape index (κ2) is 15.2. The lowest BCUT2D eigenvalue weighted by atomic mass is 9.90. The summed E-state index contributed by atoms with van der Waals surface area (Å²) in [5, 5.41) is 12.1. The smallest absolute Gasteiger partial charge is 0.164 e. The summed E-state index contributed by atoms with van der Waals surface area (Å²) >= 11 is 1.81. The molecule has 0 bridgehead atoms. The van der Waals surface area contributed by atoms with Crippen LogP contribution in [-0.4, -0.2) is 19.9 Å². The molecule has 0 saturated heterocycles. The Morgan fingerprint density at radius 2 is 0.785 bits per heavy atom. The van der Waals surface area contributed by atoms with Gasteiger partial charge in [-0.3, -0.25) is 4.98 Å². The van der Waals surface area contributed by atoms with Crippen LogP contribution in [0.15, 0.2) is 219 Å². The lowest BCUT2D eigenvalue weighted by molar-refractivity contribution is 1.07. The van der Waals surface area contributed by atoms with Crippen LogP contribution in [0.2, 0.25) is 0 Å². The van der Waals surface area contributed by atoms with Crippen molar-refractivity contribution in [2.24, 2.45) is 0 Å². The lowest BCUT2D eigenvalue weighted by Gasteiger charge is -2.15. The van der Waals surface area contributed by atoms with E-state index in [0.717, 1.165) is 50.1 Å². The Labute approximate surface area is 378 Å². The van der Waals surface area contributed by atoms with Crippen LogP contribution in [0.5, 0.6) is 0 Å². The highest BCUT2D eigenvalue weighted by Gasteiger charge is 2.18. The fourth-order valence-electron chi connectivity index (χ4n) is 9.48. The Balaban J connectivity index is 1.06. The number of benzene rings is 10. The first-order chi connectivity index (χ1) is 32.1. The van der Waals surface area contributed by atoms with Gasteiger partial charge in [0.15, 0.2) is 17.5 Å². The fraction of sp³-hybridized carbons (Fsp3) is 0. The van der Waals surface area contributed by atoms with E-state index in [1.54, 1.807) is 6.20 Å². The molecule has 0 spiro atoms. The quantitative estimate of drug-likeness (QED) is 0.156. The van der Waals surface area contributed by atoms with Gasteiger partial charge in [0.05, 0.1) is 0 Å². The lowest BCUT2D eigenvalue weighted by Crippen LogP contribution is -2.01. The monoisotopic (exact) mass is 844 g/mol. The normalized spacial score (nSPS) is 11.7. The van der Waals surface area contributed by atoms with Crippen molar-refractivity contribution in [1.29, 1.82) is 0 Å². The summed E-state index contributed by atoms with van der Waals surface area (Å²) in [6, 6.07) is 74.2. The molecule has 0 aliphatic heterocycles. The van der Waals surface area contributed by atoms with Crippen molar-refractivity contribution >= 4 is 74.6 Å². The van der Waals surface area contributed by atoms with Crippen LogP contribution in [0, 0.1) is 0 Å². The molecule has 0 amide bonds. The van der Waals surface area contributed by atoms with Gasteiger partial charge in [0.1, 0.15) is 0 Å². The first-order valence-electron chi connectivity index (χ1n) is 21.8. The van der Waals surface area contributed by atoms with Gasteiger partial charge in [0.2, 0.25) is 0 Å². The number of pyridine rings is 1. The summed E-state index contributed by atoms with van der Waals surface area (Å²) < 4.78 is 2.50. The van der Waals surface area contributed by atoms with Crippen molar-refractivity contribution in [2.75, 3.05) is 0 Å². The fourth-order valence-corrected chi connectivity index (χ4v) is 10.6. The van der Waals surface area contributed by atoms with Crippen LogP contribution in [0.25, 0.3) is 131 Å². The number of hydrogen-bond acceptors (Lipinski definition) is 5. The van der Waals surface area contributed by atoms with Gasteiger partial charge in [-0.25, -0.2) is 15.0 Å². The van der Waals surface area contributed by atoms with Crippen LogP contribution in [0.3, 0.4) is 0 Å². The summed E-state index contributed by atoms with van der Waals surface area (Å²) in [6.45, 7) is 0. The standard InChI is InChI=1S/C60H36N4S/c1-3-12-41-33-53-43(28-39(41)10-1)14-7-18-50(53)47-30-48(51-19-8-15-44-29-40-11-2-4-13-42(40)34-54(44)51)32-49(31-47)60-63-58(38-23-21-37(22-24-38)46-16-9-27-61-36-46)62-59(64-60)45-25-26-57-55(35-45)52-17-5-6-20-56(52)65-57/h1-36H. The Morgan fingerprint density at radius 1 is 0.277 bits per heavy atom. The molecule has 302 valence electrons. The third-order valence-electron chi connectivity index (χ3n) is 12.7. The van der Waals surface area contributed by atoms with Gasteiger partial charge in [-0.2, -0.15) is 0 Å². The zero-order chi connectivity index (χ0) is 42.8. The topological polar surface area (TPSA) is 51.6 Å². The average molecular weight is 845 g/mol. The highest BCUT2D eigenvalue weighted by molar-refractivity contribution is 7.25. The molecule has 13 rings (SSSR count). The third-order valence-corrected chi connectivity index (χ3v) is 13.9. The van der Waals surface area contributed by atoms with Gasteiger partial charge in [-0.1, -0.05) is 133 Å². The van der Waals surface area contributed by atoms with Gasteiger partial charge < -0.3 is 0 Å². The van der Waals surface area contributed by atoms with Crippen molar-refractivity contribution in [1.82, 2.24) is 19.9 Å². The summed E-state index contributed by atoms with van der Waals surface area (Å²) in [5.41, 5.74) is 9.37. The minimum atomic E-state index is 0.607. The van der Waals surface area contributed by atoms with E-state index in [1.165, 1.54) is 63.3 Å². The predicted octanol–water partition coefficient (Wildman–Crippen LogP) is 16.2. The zero-order valence-corrected chi connectivity index (χ0v) is 35.8. The number of fused-ring (bicyclic) bond motifs is 7. The maximum Gasteiger partial charge on any atom is 0.164 e. The molecule has 3 aromatic heterocycles. The van der Waals surface area contributed by atoms with Gasteiger partial charge in [-0.15, -0.1) is 11.3 Å². The SMILES string of the molecule is c1cncc(-c2ccc(-c3nc(-c4cc(-c5cccc6cc7ccccc7cc56)cc(-c5cccc6cc7ccccc7cc56)c4)nc(-c4ccc5sc6ccccc6c5c4)n3)cc2)c1. The molecule has 3 heterocycles. The van der Waals surface area contributed by atoms with Gasteiger partial charge in [-0.05, 0) is 149 Å². The Hall–Kier alpha value is -8.38. The van der Waals surface area contributed by atoms with Crippen LogP contribution >= 0.6 is 11.3 Å².